The highest BCUT2D eigenvalue weighted by Gasteiger charge is 2.36. The molecule has 11 heteroatoms. The van der Waals surface area contributed by atoms with Crippen LogP contribution in [0.5, 0.6) is 0 Å². The van der Waals surface area contributed by atoms with E-state index in [9.17, 15) is 19.5 Å². The first-order valence-electron chi connectivity index (χ1n) is 11.3. The van der Waals surface area contributed by atoms with E-state index in [0.717, 1.165) is 21.4 Å². The lowest BCUT2D eigenvalue weighted by molar-refractivity contribution is -0.130. The number of hydrogen-bond acceptors (Lipinski definition) is 6. The molecule has 1 amide bonds. The standard InChI is InChI=1S/C23H27N7O4/c1-14-25-15-7-4-5-8-16(15)29(14)10-6-9-19(32)28-11-17(18(31)12-28)30-13-24-20-21(30)26(2)23(34)27(3)22(20)33/h4-5,7-8,13,17-18,31H,6,9-12H2,1-3H3/t17-,18-/m0/s1. The molecule has 1 aliphatic heterocycles. The first-order chi connectivity index (χ1) is 16.3. The van der Waals surface area contributed by atoms with Gasteiger partial charge in [0.05, 0.1) is 29.5 Å². The van der Waals surface area contributed by atoms with Gasteiger partial charge < -0.3 is 19.1 Å². The van der Waals surface area contributed by atoms with Crippen molar-refractivity contribution >= 4 is 28.1 Å². The van der Waals surface area contributed by atoms with Crippen molar-refractivity contribution in [2.75, 3.05) is 13.1 Å². The summed E-state index contributed by atoms with van der Waals surface area (Å²) in [6.45, 7) is 3.10. The van der Waals surface area contributed by atoms with Gasteiger partial charge in [0.1, 0.15) is 11.5 Å². The third kappa shape index (κ3) is 3.43. The minimum Gasteiger partial charge on any atom is -0.389 e. The van der Waals surface area contributed by atoms with E-state index < -0.39 is 23.4 Å². The van der Waals surface area contributed by atoms with Crippen molar-refractivity contribution < 1.29 is 9.90 Å². The molecule has 3 aromatic heterocycles. The van der Waals surface area contributed by atoms with Crippen LogP contribution >= 0.6 is 0 Å². The highest BCUT2D eigenvalue weighted by Crippen LogP contribution is 2.26. The van der Waals surface area contributed by atoms with Crippen molar-refractivity contribution in [2.24, 2.45) is 14.1 Å². The number of aliphatic hydroxyl groups is 1. The Kier molecular flexibility index (Phi) is 5.35. The Bertz CT molecular complexity index is 1530. The second-order valence-corrected chi connectivity index (χ2v) is 8.87. The van der Waals surface area contributed by atoms with Crippen LogP contribution in [0.1, 0.15) is 24.7 Å². The zero-order valence-corrected chi connectivity index (χ0v) is 19.4. The minimum atomic E-state index is -0.833. The van der Waals surface area contributed by atoms with Gasteiger partial charge in [0.25, 0.3) is 5.56 Å². The maximum Gasteiger partial charge on any atom is 0.332 e. The van der Waals surface area contributed by atoms with Gasteiger partial charge >= 0.3 is 5.69 Å². The quantitative estimate of drug-likeness (QED) is 0.453. The number of imidazole rings is 2. The number of aryl methyl sites for hydroxylation is 3. The Hall–Kier alpha value is -3.73. The van der Waals surface area contributed by atoms with Crippen LogP contribution in [0.3, 0.4) is 0 Å². The molecule has 1 aromatic carbocycles. The molecule has 178 valence electrons. The minimum absolute atomic E-state index is 0.0437. The lowest BCUT2D eigenvalue weighted by Crippen LogP contribution is -2.38. The van der Waals surface area contributed by atoms with Gasteiger partial charge in [-0.1, -0.05) is 12.1 Å². The lowest BCUT2D eigenvalue weighted by atomic mass is 10.2. The highest BCUT2D eigenvalue weighted by atomic mass is 16.3. The summed E-state index contributed by atoms with van der Waals surface area (Å²) in [6, 6.07) is 7.43. The Labute approximate surface area is 194 Å². The number of aromatic nitrogens is 6. The number of hydrogen-bond donors (Lipinski definition) is 1. The van der Waals surface area contributed by atoms with Crippen LogP contribution in [0.15, 0.2) is 40.2 Å². The van der Waals surface area contributed by atoms with E-state index in [2.05, 4.69) is 14.5 Å². The molecule has 0 radical (unpaired) electrons. The van der Waals surface area contributed by atoms with E-state index in [0.29, 0.717) is 25.0 Å². The first kappa shape index (κ1) is 22.1. The van der Waals surface area contributed by atoms with Crippen molar-refractivity contribution in [2.45, 2.75) is 38.5 Å². The van der Waals surface area contributed by atoms with Crippen LogP contribution in [0.2, 0.25) is 0 Å². The number of amides is 1. The van der Waals surface area contributed by atoms with Crippen LogP contribution in [0.25, 0.3) is 22.2 Å². The predicted octanol–water partition coefficient (Wildman–Crippen LogP) is 0.316. The number of aliphatic hydroxyl groups excluding tert-OH is 1. The molecule has 0 aliphatic carbocycles. The van der Waals surface area contributed by atoms with Crippen molar-refractivity contribution in [3.8, 4) is 0 Å². The van der Waals surface area contributed by atoms with E-state index in [1.54, 1.807) is 16.5 Å². The van der Waals surface area contributed by atoms with Gasteiger partial charge in [0, 0.05) is 40.2 Å². The van der Waals surface area contributed by atoms with Crippen LogP contribution < -0.4 is 11.2 Å². The van der Waals surface area contributed by atoms with E-state index in [-0.39, 0.29) is 24.5 Å². The fourth-order valence-corrected chi connectivity index (χ4v) is 4.91. The molecule has 34 heavy (non-hydrogen) atoms. The van der Waals surface area contributed by atoms with Crippen molar-refractivity contribution in [1.29, 1.82) is 0 Å². The number of para-hydroxylation sites is 2. The maximum atomic E-state index is 12.9. The molecular formula is C23H27N7O4. The van der Waals surface area contributed by atoms with Gasteiger partial charge in [-0.2, -0.15) is 0 Å². The van der Waals surface area contributed by atoms with Crippen molar-refractivity contribution in [1.82, 2.24) is 33.1 Å². The average molecular weight is 466 g/mol. The maximum absolute atomic E-state index is 12.9. The molecule has 0 bridgehead atoms. The largest absolute Gasteiger partial charge is 0.389 e. The molecule has 1 fully saturated rings. The molecule has 5 rings (SSSR count). The number of nitrogens with zero attached hydrogens (tertiary/aromatic N) is 7. The van der Waals surface area contributed by atoms with Gasteiger partial charge in [-0.3, -0.25) is 18.7 Å². The Morgan fingerprint density at radius 2 is 1.91 bits per heavy atom. The summed E-state index contributed by atoms with van der Waals surface area (Å²) in [5.74, 6) is 0.867. The molecule has 0 spiro atoms. The summed E-state index contributed by atoms with van der Waals surface area (Å²) in [7, 11) is 2.97. The van der Waals surface area contributed by atoms with E-state index in [1.807, 2.05) is 31.2 Å². The summed E-state index contributed by atoms with van der Waals surface area (Å²) >= 11 is 0. The third-order valence-electron chi connectivity index (χ3n) is 6.75. The number of carbonyl (C=O) groups is 1. The molecule has 4 aromatic rings. The summed E-state index contributed by atoms with van der Waals surface area (Å²) < 4.78 is 6.10. The number of likely N-dealkylation sites (tertiary alicyclic amines) is 1. The zero-order chi connectivity index (χ0) is 24.1. The third-order valence-corrected chi connectivity index (χ3v) is 6.75. The van der Waals surface area contributed by atoms with Crippen molar-refractivity contribution in [3.05, 3.63) is 57.3 Å². The number of carbonyl (C=O) groups excluding carboxylic acids is 1. The number of benzene rings is 1. The summed E-state index contributed by atoms with van der Waals surface area (Å²) in [5.41, 5.74) is 1.53. The molecular weight excluding hydrogens is 438 g/mol. The molecule has 4 heterocycles. The van der Waals surface area contributed by atoms with Gasteiger partial charge in [0.2, 0.25) is 5.91 Å². The fourth-order valence-electron chi connectivity index (χ4n) is 4.91. The van der Waals surface area contributed by atoms with Crippen LogP contribution in [0.4, 0.5) is 0 Å². The first-order valence-corrected chi connectivity index (χ1v) is 11.3. The zero-order valence-electron chi connectivity index (χ0n) is 19.4. The Balaban J connectivity index is 1.30. The smallest absolute Gasteiger partial charge is 0.332 e. The average Bonchev–Trinajstić information content (AvgIpc) is 3.51. The van der Waals surface area contributed by atoms with Gasteiger partial charge in [-0.25, -0.2) is 14.8 Å². The van der Waals surface area contributed by atoms with Gasteiger partial charge in [-0.05, 0) is 25.5 Å². The van der Waals surface area contributed by atoms with E-state index >= 15 is 0 Å². The molecule has 1 N–H and O–H groups in total. The van der Waals surface area contributed by atoms with Crippen LogP contribution in [-0.4, -0.2) is 63.3 Å². The molecule has 1 saturated heterocycles. The van der Waals surface area contributed by atoms with Crippen LogP contribution in [0, 0.1) is 6.92 Å². The second kappa shape index (κ2) is 8.24. The summed E-state index contributed by atoms with van der Waals surface area (Å²) in [4.78, 5) is 48.2. The van der Waals surface area contributed by atoms with Gasteiger partial charge in [0.15, 0.2) is 5.52 Å². The number of rotatable bonds is 5. The monoisotopic (exact) mass is 465 g/mol. The predicted molar refractivity (Wildman–Crippen MR) is 126 cm³/mol. The normalized spacial score (nSPS) is 18.4. The lowest BCUT2D eigenvalue weighted by Gasteiger charge is -2.18. The van der Waals surface area contributed by atoms with E-state index in [4.69, 9.17) is 0 Å². The molecule has 0 unspecified atom stereocenters. The van der Waals surface area contributed by atoms with Crippen LogP contribution in [-0.2, 0) is 25.4 Å². The van der Waals surface area contributed by atoms with E-state index in [1.165, 1.54) is 17.9 Å². The van der Waals surface area contributed by atoms with Gasteiger partial charge in [-0.15, -0.1) is 0 Å². The summed E-state index contributed by atoms with van der Waals surface area (Å²) in [6.07, 6.45) is 1.62. The number of fused-ring (bicyclic) bond motifs is 2. The second-order valence-electron chi connectivity index (χ2n) is 8.87. The SMILES string of the molecule is Cc1nc2ccccc2n1CCCC(=O)N1C[C@H](O)[C@@H](n2cnc3c(=O)n(C)c(=O)n(C)c32)C1. The number of β-amino-alcohol motifs (C(OH)–C–C–N with tert-alkyl or cyclic N) is 1. The molecule has 0 saturated carbocycles. The Morgan fingerprint density at radius 3 is 2.71 bits per heavy atom. The van der Waals surface area contributed by atoms with Crippen molar-refractivity contribution in [3.63, 3.8) is 0 Å². The topological polar surface area (TPSA) is 120 Å². The molecule has 1 aliphatic rings. The Morgan fingerprint density at radius 1 is 1.15 bits per heavy atom. The molecule has 11 nitrogen and oxygen atoms in total. The fraction of sp³-hybridized carbons (Fsp3) is 0.435. The highest BCUT2D eigenvalue weighted by molar-refractivity contribution is 5.77. The summed E-state index contributed by atoms with van der Waals surface area (Å²) in [5, 5.41) is 10.7. The molecule has 2 atom stereocenters.